The first-order chi connectivity index (χ1) is 20.2. The molecule has 11 heteroatoms. The van der Waals surface area contributed by atoms with Crippen molar-refractivity contribution in [3.63, 3.8) is 0 Å². The second-order valence-corrected chi connectivity index (χ2v) is 12.0. The highest BCUT2D eigenvalue weighted by molar-refractivity contribution is 6.31. The molecule has 3 heterocycles. The number of pyridine rings is 1. The summed E-state index contributed by atoms with van der Waals surface area (Å²) in [7, 11) is 0. The summed E-state index contributed by atoms with van der Waals surface area (Å²) < 4.78 is 20.8. The number of likely N-dealkylation sites (tertiary alicyclic amines) is 1. The molecule has 1 aromatic heterocycles. The molecule has 220 valence electrons. The van der Waals surface area contributed by atoms with Crippen LogP contribution in [0.1, 0.15) is 65.3 Å². The minimum Gasteiger partial charge on any atom is -0.462 e. The van der Waals surface area contributed by atoms with Crippen LogP contribution in [0, 0.1) is 11.7 Å². The first kappa shape index (κ1) is 29.0. The van der Waals surface area contributed by atoms with Crippen LogP contribution >= 0.6 is 23.2 Å². The van der Waals surface area contributed by atoms with E-state index < -0.39 is 41.4 Å². The molecule has 2 aromatic carbocycles. The van der Waals surface area contributed by atoms with Crippen molar-refractivity contribution in [1.82, 2.24) is 9.88 Å². The number of carbonyl (C=O) groups is 2. The molecule has 3 aromatic rings. The van der Waals surface area contributed by atoms with Gasteiger partial charge in [-0.2, -0.15) is 0 Å². The van der Waals surface area contributed by atoms with Gasteiger partial charge < -0.3 is 20.9 Å². The maximum Gasteiger partial charge on any atom is 0.338 e. The van der Waals surface area contributed by atoms with Crippen molar-refractivity contribution in [2.75, 3.05) is 18.5 Å². The minimum atomic E-state index is -1.40. The van der Waals surface area contributed by atoms with Crippen molar-refractivity contribution in [2.24, 2.45) is 11.7 Å². The third-order valence-corrected chi connectivity index (χ3v) is 9.22. The van der Waals surface area contributed by atoms with Crippen LogP contribution in [0.25, 0.3) is 0 Å². The minimum absolute atomic E-state index is 0.0679. The number of fused-ring (bicyclic) bond motifs is 2. The number of rotatable bonds is 8. The van der Waals surface area contributed by atoms with Crippen molar-refractivity contribution in [3.05, 3.63) is 92.8 Å². The fraction of sp³-hybridized carbons (Fsp3) is 0.387. The van der Waals surface area contributed by atoms with Gasteiger partial charge in [-0.05, 0) is 73.6 Å². The molecule has 5 atom stereocenters. The number of ether oxygens (including phenoxy) is 1. The predicted molar refractivity (Wildman–Crippen MR) is 157 cm³/mol. The Hall–Kier alpha value is -3.08. The van der Waals surface area contributed by atoms with E-state index in [1.807, 2.05) is 4.90 Å². The molecule has 1 saturated carbocycles. The van der Waals surface area contributed by atoms with E-state index in [2.05, 4.69) is 10.3 Å². The zero-order chi connectivity index (χ0) is 29.8. The molecular formula is C31H31Cl2FN4O4. The van der Waals surface area contributed by atoms with Crippen molar-refractivity contribution >= 4 is 40.9 Å². The van der Waals surface area contributed by atoms with E-state index in [1.165, 1.54) is 6.07 Å². The summed E-state index contributed by atoms with van der Waals surface area (Å²) in [5, 5.41) is 14.5. The molecule has 2 fully saturated rings. The average Bonchev–Trinajstić information content (AvgIpc) is 3.71. The van der Waals surface area contributed by atoms with E-state index in [0.29, 0.717) is 35.0 Å². The van der Waals surface area contributed by atoms with Crippen LogP contribution in [0.2, 0.25) is 10.2 Å². The van der Waals surface area contributed by atoms with Crippen LogP contribution in [0.5, 0.6) is 0 Å². The number of hydrogen-bond acceptors (Lipinski definition) is 7. The Kier molecular flexibility index (Phi) is 7.74. The number of aromatic nitrogens is 1. The van der Waals surface area contributed by atoms with E-state index >= 15 is 4.39 Å². The standard InChI is InChI=1S/C31H31Cl2FN4O4/c1-2-42-29(40)18-10-8-17(9-11-18)23(39)14-22-27(35)25(19-4-3-5-21(32)26(19)34)31(38(22)15-16-6-7-16)20-12-13-24(33)36-28(20)37-30(31)41/h3-5,8-13,16,22-23,25,27,39H,2,6-7,14-15,35H2,1H3,(H,36,37,41)/t22-,23-,25-,27+,31+/m0/s1. The van der Waals surface area contributed by atoms with Gasteiger partial charge in [0.25, 0.3) is 5.91 Å². The smallest absolute Gasteiger partial charge is 0.338 e. The Morgan fingerprint density at radius 2 is 1.95 bits per heavy atom. The normalized spacial score (nSPS) is 25.9. The number of carbonyl (C=O) groups excluding carboxylic acids is 2. The summed E-state index contributed by atoms with van der Waals surface area (Å²) in [4.78, 5) is 32.7. The van der Waals surface area contributed by atoms with Crippen LogP contribution in [0.4, 0.5) is 10.2 Å². The fourth-order valence-electron chi connectivity index (χ4n) is 6.66. The third-order valence-electron chi connectivity index (χ3n) is 8.72. The molecule has 1 spiro atoms. The number of aliphatic hydroxyl groups is 1. The summed E-state index contributed by atoms with van der Waals surface area (Å²) in [6, 6.07) is 13.4. The molecular weight excluding hydrogens is 582 g/mol. The Morgan fingerprint density at radius 3 is 2.64 bits per heavy atom. The summed E-state index contributed by atoms with van der Waals surface area (Å²) in [5.74, 6) is -1.66. The average molecular weight is 614 g/mol. The van der Waals surface area contributed by atoms with Crippen molar-refractivity contribution in [2.45, 2.75) is 55.8 Å². The van der Waals surface area contributed by atoms with Gasteiger partial charge in [-0.15, -0.1) is 0 Å². The van der Waals surface area contributed by atoms with Crippen molar-refractivity contribution < 1.29 is 23.8 Å². The van der Waals surface area contributed by atoms with E-state index in [9.17, 15) is 14.7 Å². The highest BCUT2D eigenvalue weighted by atomic mass is 35.5. The largest absolute Gasteiger partial charge is 0.462 e. The number of benzene rings is 2. The molecule has 3 aliphatic rings. The second kappa shape index (κ2) is 11.2. The number of halogens is 3. The van der Waals surface area contributed by atoms with Crippen LogP contribution < -0.4 is 11.1 Å². The number of nitrogens with zero attached hydrogens (tertiary/aromatic N) is 2. The number of esters is 1. The Balaban J connectivity index is 1.45. The SMILES string of the molecule is CCOC(=O)c1ccc([C@@H](O)C[C@H]2[C@@H](N)[C@H](c3cccc(Cl)c3F)[C@]3(C(=O)Nc4nc(Cl)ccc43)N2CC2CC2)cc1. The summed E-state index contributed by atoms with van der Waals surface area (Å²) in [6.07, 6.45) is 1.18. The number of nitrogens with two attached hydrogens (primary N) is 1. The molecule has 0 radical (unpaired) electrons. The van der Waals surface area contributed by atoms with E-state index in [0.717, 1.165) is 12.8 Å². The van der Waals surface area contributed by atoms with E-state index in [-0.39, 0.29) is 34.7 Å². The first-order valence-electron chi connectivity index (χ1n) is 14.1. The highest BCUT2D eigenvalue weighted by Gasteiger charge is 2.67. The van der Waals surface area contributed by atoms with Gasteiger partial charge in [0.05, 0.1) is 23.3 Å². The predicted octanol–water partition coefficient (Wildman–Crippen LogP) is 5.18. The van der Waals surface area contributed by atoms with Gasteiger partial charge in [0.1, 0.15) is 22.3 Å². The lowest BCUT2D eigenvalue weighted by molar-refractivity contribution is -0.128. The number of anilines is 1. The Labute approximate surface area is 253 Å². The summed E-state index contributed by atoms with van der Waals surface area (Å²) in [5.41, 5.74) is 7.38. The second-order valence-electron chi connectivity index (χ2n) is 11.2. The molecule has 42 heavy (non-hydrogen) atoms. The van der Waals surface area contributed by atoms with Gasteiger partial charge in [-0.25, -0.2) is 14.2 Å². The topological polar surface area (TPSA) is 118 Å². The quantitative estimate of drug-likeness (QED) is 0.237. The van der Waals surface area contributed by atoms with Gasteiger partial charge in [0, 0.05) is 30.1 Å². The number of amides is 1. The van der Waals surface area contributed by atoms with Gasteiger partial charge in [0.2, 0.25) is 0 Å². The van der Waals surface area contributed by atoms with Gasteiger partial charge in [0.15, 0.2) is 0 Å². The van der Waals surface area contributed by atoms with Crippen LogP contribution in [0.3, 0.4) is 0 Å². The Morgan fingerprint density at radius 1 is 1.21 bits per heavy atom. The van der Waals surface area contributed by atoms with Crippen molar-refractivity contribution in [1.29, 1.82) is 0 Å². The van der Waals surface area contributed by atoms with Gasteiger partial charge in [-0.1, -0.05) is 47.5 Å². The lowest BCUT2D eigenvalue weighted by atomic mass is 9.74. The monoisotopic (exact) mass is 612 g/mol. The Bertz CT molecular complexity index is 1540. The molecule has 1 amide bonds. The van der Waals surface area contributed by atoms with Crippen molar-refractivity contribution in [3.8, 4) is 0 Å². The van der Waals surface area contributed by atoms with E-state index in [1.54, 1.807) is 55.5 Å². The molecule has 8 nitrogen and oxygen atoms in total. The van der Waals surface area contributed by atoms with Crippen LogP contribution in [-0.4, -0.2) is 52.1 Å². The molecule has 1 saturated heterocycles. The summed E-state index contributed by atoms with van der Waals surface area (Å²) in [6.45, 7) is 2.52. The zero-order valence-corrected chi connectivity index (χ0v) is 24.4. The maximum atomic E-state index is 15.8. The third kappa shape index (κ3) is 4.77. The molecule has 0 unspecified atom stereocenters. The van der Waals surface area contributed by atoms with Gasteiger partial charge >= 0.3 is 5.97 Å². The van der Waals surface area contributed by atoms with E-state index in [4.69, 9.17) is 33.7 Å². The highest BCUT2D eigenvalue weighted by Crippen LogP contribution is 2.58. The lowest BCUT2D eigenvalue weighted by Gasteiger charge is -2.40. The summed E-state index contributed by atoms with van der Waals surface area (Å²) >= 11 is 12.4. The fourth-order valence-corrected chi connectivity index (χ4v) is 6.99. The number of nitrogens with one attached hydrogen (secondary N) is 1. The van der Waals surface area contributed by atoms with Crippen LogP contribution in [-0.2, 0) is 15.1 Å². The number of aliphatic hydroxyl groups excluding tert-OH is 1. The molecule has 4 N–H and O–H groups in total. The molecule has 1 aliphatic carbocycles. The lowest BCUT2D eigenvalue weighted by Crippen LogP contribution is -2.53. The number of hydrogen-bond donors (Lipinski definition) is 3. The van der Waals surface area contributed by atoms with Crippen LogP contribution in [0.15, 0.2) is 54.6 Å². The molecule has 6 rings (SSSR count). The van der Waals surface area contributed by atoms with Gasteiger partial charge in [-0.3, -0.25) is 9.69 Å². The maximum absolute atomic E-state index is 15.8. The molecule has 0 bridgehead atoms. The molecule has 2 aliphatic heterocycles. The first-order valence-corrected chi connectivity index (χ1v) is 14.8. The zero-order valence-electron chi connectivity index (χ0n) is 22.9.